The smallest absolute Gasteiger partial charge is 0.191 e. The number of aliphatic imine (C=N–C) groups is 1. The van der Waals surface area contributed by atoms with E-state index in [1.54, 1.807) is 13.4 Å². The summed E-state index contributed by atoms with van der Waals surface area (Å²) in [6.07, 6.45) is 4.81. The monoisotopic (exact) mass is 414 g/mol. The quantitative estimate of drug-likeness (QED) is 0.432. The Morgan fingerprint density at radius 3 is 2.57 bits per heavy atom. The van der Waals surface area contributed by atoms with Crippen LogP contribution in [0.3, 0.4) is 0 Å². The molecule has 2 heterocycles. The molecule has 1 aliphatic heterocycles. The summed E-state index contributed by atoms with van der Waals surface area (Å²) >= 11 is 0. The Morgan fingerprint density at radius 1 is 1.17 bits per heavy atom. The molecule has 7 heteroatoms. The van der Waals surface area contributed by atoms with E-state index in [2.05, 4.69) is 15.5 Å². The SMILES string of the molecule is CCNC(=NCC(c1ccco1)N1CCCCC1)NCC(O)c1ccc(OC)cc1. The number of furan rings is 1. The largest absolute Gasteiger partial charge is 0.497 e. The summed E-state index contributed by atoms with van der Waals surface area (Å²) in [7, 11) is 1.63. The normalized spacial score (nSPS) is 17.4. The van der Waals surface area contributed by atoms with Crippen LogP contribution in [0.4, 0.5) is 0 Å². The van der Waals surface area contributed by atoms with Crippen molar-refractivity contribution in [3.05, 3.63) is 54.0 Å². The van der Waals surface area contributed by atoms with Crippen LogP contribution in [0.5, 0.6) is 5.75 Å². The van der Waals surface area contributed by atoms with Crippen LogP contribution in [-0.2, 0) is 0 Å². The van der Waals surface area contributed by atoms with Crippen molar-refractivity contribution in [3.8, 4) is 5.75 Å². The number of nitrogens with zero attached hydrogens (tertiary/aromatic N) is 2. The topological polar surface area (TPSA) is 82.3 Å². The Morgan fingerprint density at radius 2 is 1.93 bits per heavy atom. The zero-order valence-corrected chi connectivity index (χ0v) is 18.0. The fourth-order valence-corrected chi connectivity index (χ4v) is 3.75. The number of guanidine groups is 1. The molecule has 3 N–H and O–H groups in total. The standard InChI is InChI=1S/C23H34N4O3/c1-3-24-23(26-17-21(28)18-9-11-19(29-2)12-10-18)25-16-20(22-8-7-15-30-22)27-13-5-4-6-14-27/h7-12,15,20-21,28H,3-6,13-14,16-17H2,1-2H3,(H2,24,25,26). The molecular weight excluding hydrogens is 380 g/mol. The number of rotatable bonds is 9. The van der Waals surface area contributed by atoms with Crippen LogP contribution >= 0.6 is 0 Å². The van der Waals surface area contributed by atoms with Crippen molar-refractivity contribution in [2.75, 3.05) is 39.8 Å². The van der Waals surface area contributed by atoms with Gasteiger partial charge in [0.05, 0.1) is 32.1 Å². The number of piperidine rings is 1. The van der Waals surface area contributed by atoms with Crippen LogP contribution < -0.4 is 15.4 Å². The molecule has 30 heavy (non-hydrogen) atoms. The number of hydrogen-bond donors (Lipinski definition) is 3. The maximum atomic E-state index is 10.5. The third-order valence-corrected chi connectivity index (χ3v) is 5.43. The first-order chi connectivity index (χ1) is 14.7. The van der Waals surface area contributed by atoms with Gasteiger partial charge in [-0.1, -0.05) is 18.6 Å². The van der Waals surface area contributed by atoms with Crippen molar-refractivity contribution < 1.29 is 14.3 Å². The summed E-state index contributed by atoms with van der Waals surface area (Å²) in [6, 6.07) is 11.5. The van der Waals surface area contributed by atoms with Crippen molar-refractivity contribution in [1.29, 1.82) is 0 Å². The molecule has 3 rings (SSSR count). The first kappa shape index (κ1) is 22.2. The van der Waals surface area contributed by atoms with E-state index < -0.39 is 6.10 Å². The molecule has 2 unspecified atom stereocenters. The number of likely N-dealkylation sites (tertiary alicyclic amines) is 1. The summed E-state index contributed by atoms with van der Waals surface area (Å²) in [5, 5.41) is 17.1. The van der Waals surface area contributed by atoms with Crippen molar-refractivity contribution in [2.45, 2.75) is 38.3 Å². The second-order valence-electron chi connectivity index (χ2n) is 7.52. The van der Waals surface area contributed by atoms with Gasteiger partial charge in [-0.3, -0.25) is 9.89 Å². The lowest BCUT2D eigenvalue weighted by molar-refractivity contribution is 0.150. The molecule has 2 aromatic rings. The van der Waals surface area contributed by atoms with Gasteiger partial charge in [-0.2, -0.15) is 0 Å². The van der Waals surface area contributed by atoms with Gasteiger partial charge in [-0.25, -0.2) is 0 Å². The molecule has 2 atom stereocenters. The van der Waals surface area contributed by atoms with Gasteiger partial charge in [0, 0.05) is 13.1 Å². The molecule has 0 saturated carbocycles. The highest BCUT2D eigenvalue weighted by Gasteiger charge is 2.24. The first-order valence-corrected chi connectivity index (χ1v) is 10.8. The molecule has 0 aliphatic carbocycles. The van der Waals surface area contributed by atoms with Crippen molar-refractivity contribution >= 4 is 5.96 Å². The highest BCUT2D eigenvalue weighted by atomic mass is 16.5. The number of aliphatic hydroxyl groups excluding tert-OH is 1. The lowest BCUT2D eigenvalue weighted by Gasteiger charge is -2.32. The van der Waals surface area contributed by atoms with E-state index >= 15 is 0 Å². The third kappa shape index (κ3) is 6.24. The molecule has 1 aromatic carbocycles. The average Bonchev–Trinajstić information content (AvgIpc) is 3.32. The minimum atomic E-state index is -0.636. The number of aliphatic hydroxyl groups is 1. The van der Waals surface area contributed by atoms with Crippen LogP contribution in [0.1, 0.15) is 49.7 Å². The Labute approximate surface area is 179 Å². The van der Waals surface area contributed by atoms with Crippen molar-refractivity contribution in [3.63, 3.8) is 0 Å². The molecule has 1 fully saturated rings. The predicted octanol–water partition coefficient (Wildman–Crippen LogP) is 3.10. The van der Waals surface area contributed by atoms with Gasteiger partial charge < -0.3 is 24.9 Å². The van der Waals surface area contributed by atoms with Gasteiger partial charge in [0.15, 0.2) is 5.96 Å². The zero-order chi connectivity index (χ0) is 21.2. The lowest BCUT2D eigenvalue weighted by atomic mass is 10.1. The molecule has 164 valence electrons. The van der Waals surface area contributed by atoms with Gasteiger partial charge in [0.2, 0.25) is 0 Å². The Balaban J connectivity index is 1.62. The number of benzene rings is 1. The van der Waals surface area contributed by atoms with Gasteiger partial charge in [0.25, 0.3) is 0 Å². The third-order valence-electron chi connectivity index (χ3n) is 5.43. The predicted molar refractivity (Wildman–Crippen MR) is 119 cm³/mol. The van der Waals surface area contributed by atoms with Crippen LogP contribution in [0.25, 0.3) is 0 Å². The molecule has 0 bridgehead atoms. The number of ether oxygens (including phenoxy) is 1. The van der Waals surface area contributed by atoms with Gasteiger partial charge in [0.1, 0.15) is 11.5 Å². The second-order valence-corrected chi connectivity index (χ2v) is 7.52. The fourth-order valence-electron chi connectivity index (χ4n) is 3.75. The number of hydrogen-bond acceptors (Lipinski definition) is 5. The van der Waals surface area contributed by atoms with E-state index in [9.17, 15) is 5.11 Å². The van der Waals surface area contributed by atoms with Crippen molar-refractivity contribution in [2.24, 2.45) is 4.99 Å². The number of methoxy groups -OCH3 is 1. The Hall–Kier alpha value is -2.51. The van der Waals surface area contributed by atoms with E-state index in [0.29, 0.717) is 19.0 Å². The second kappa shape index (κ2) is 11.6. The van der Waals surface area contributed by atoms with Gasteiger partial charge in [-0.15, -0.1) is 0 Å². The van der Waals surface area contributed by atoms with E-state index in [4.69, 9.17) is 14.1 Å². The zero-order valence-electron chi connectivity index (χ0n) is 18.0. The number of nitrogens with one attached hydrogen (secondary N) is 2. The maximum Gasteiger partial charge on any atom is 0.191 e. The minimum absolute atomic E-state index is 0.127. The Bertz CT molecular complexity index is 755. The molecule has 0 spiro atoms. The van der Waals surface area contributed by atoms with E-state index in [1.165, 1.54) is 19.3 Å². The minimum Gasteiger partial charge on any atom is -0.497 e. The van der Waals surface area contributed by atoms with E-state index in [0.717, 1.165) is 36.7 Å². The molecule has 7 nitrogen and oxygen atoms in total. The molecule has 1 saturated heterocycles. The summed E-state index contributed by atoms with van der Waals surface area (Å²) in [5.41, 5.74) is 0.834. The average molecular weight is 415 g/mol. The Kier molecular flexibility index (Phi) is 8.59. The summed E-state index contributed by atoms with van der Waals surface area (Å²) < 4.78 is 10.9. The summed E-state index contributed by atoms with van der Waals surface area (Å²) in [6.45, 7) is 5.89. The fraction of sp³-hybridized carbons (Fsp3) is 0.522. The van der Waals surface area contributed by atoms with Crippen LogP contribution in [0, 0.1) is 0 Å². The molecule has 1 aromatic heterocycles. The lowest BCUT2D eigenvalue weighted by Crippen LogP contribution is -2.41. The highest BCUT2D eigenvalue weighted by molar-refractivity contribution is 5.79. The van der Waals surface area contributed by atoms with Gasteiger partial charge >= 0.3 is 0 Å². The van der Waals surface area contributed by atoms with Gasteiger partial charge in [-0.05, 0) is 62.7 Å². The van der Waals surface area contributed by atoms with E-state index in [-0.39, 0.29) is 6.04 Å². The van der Waals surface area contributed by atoms with Crippen LogP contribution in [-0.4, -0.2) is 55.8 Å². The van der Waals surface area contributed by atoms with Crippen LogP contribution in [0.2, 0.25) is 0 Å². The molecule has 1 aliphatic rings. The molecular formula is C23H34N4O3. The highest BCUT2D eigenvalue weighted by Crippen LogP contribution is 2.25. The van der Waals surface area contributed by atoms with Crippen molar-refractivity contribution in [1.82, 2.24) is 15.5 Å². The summed E-state index contributed by atoms with van der Waals surface area (Å²) in [5.74, 6) is 2.42. The maximum absolute atomic E-state index is 10.5. The molecule has 0 radical (unpaired) electrons. The van der Waals surface area contributed by atoms with E-state index in [1.807, 2.05) is 43.3 Å². The molecule has 0 amide bonds. The first-order valence-electron chi connectivity index (χ1n) is 10.8. The van der Waals surface area contributed by atoms with Crippen LogP contribution in [0.15, 0.2) is 52.1 Å². The summed E-state index contributed by atoms with van der Waals surface area (Å²) in [4.78, 5) is 7.26.